The third kappa shape index (κ3) is 5.25. The Bertz CT molecular complexity index is 519. The molecule has 0 saturated carbocycles. The lowest BCUT2D eigenvalue weighted by Gasteiger charge is -2.15. The molecular formula is C15H21N3OS. The number of rotatable bonds is 6. The molecule has 0 aliphatic carbocycles. The summed E-state index contributed by atoms with van der Waals surface area (Å²) in [5.74, 6) is 2.26. The number of hydrogen-bond donors (Lipinski definition) is 1. The van der Waals surface area contributed by atoms with Gasteiger partial charge in [-0.05, 0) is 12.1 Å². The maximum absolute atomic E-state index is 5.25. The zero-order valence-electron chi connectivity index (χ0n) is 12.2. The van der Waals surface area contributed by atoms with Crippen molar-refractivity contribution >= 4 is 17.4 Å². The van der Waals surface area contributed by atoms with E-state index < -0.39 is 0 Å². The van der Waals surface area contributed by atoms with E-state index >= 15 is 0 Å². The normalized spacial score (nSPS) is 11.6. The van der Waals surface area contributed by atoms with Gasteiger partial charge in [-0.2, -0.15) is 4.98 Å². The summed E-state index contributed by atoms with van der Waals surface area (Å²) in [7, 11) is 0. The Balaban J connectivity index is 1.75. The molecule has 0 fully saturated rings. The molecule has 0 radical (unpaired) electrons. The van der Waals surface area contributed by atoms with Crippen LogP contribution in [0.25, 0.3) is 0 Å². The zero-order chi connectivity index (χ0) is 14.4. The summed E-state index contributed by atoms with van der Waals surface area (Å²) < 4.78 is 5.47. The van der Waals surface area contributed by atoms with Crippen LogP contribution in [0.15, 0.2) is 34.9 Å². The van der Waals surface area contributed by atoms with Crippen molar-refractivity contribution in [3.05, 3.63) is 42.0 Å². The van der Waals surface area contributed by atoms with E-state index in [1.165, 1.54) is 0 Å². The fourth-order valence-corrected chi connectivity index (χ4v) is 2.28. The second-order valence-corrected chi connectivity index (χ2v) is 7.35. The minimum atomic E-state index is 0.218. The fraction of sp³-hybridized carbons (Fsp3) is 0.467. The summed E-state index contributed by atoms with van der Waals surface area (Å²) in [6.07, 6.45) is 0.738. The van der Waals surface area contributed by atoms with Gasteiger partial charge in [-0.3, -0.25) is 0 Å². The SMILES string of the molecule is CC(C)(C)SCc1noc(CCNc2ccccc2)n1. The van der Waals surface area contributed by atoms with Gasteiger partial charge in [0.1, 0.15) is 0 Å². The minimum absolute atomic E-state index is 0.218. The first kappa shape index (κ1) is 14.9. The third-order valence-electron chi connectivity index (χ3n) is 2.59. The summed E-state index contributed by atoms with van der Waals surface area (Å²) in [6, 6.07) is 10.1. The average molecular weight is 291 g/mol. The molecule has 0 aliphatic rings. The number of para-hydroxylation sites is 1. The highest BCUT2D eigenvalue weighted by Gasteiger charge is 2.13. The van der Waals surface area contributed by atoms with Crippen LogP contribution in [-0.4, -0.2) is 21.4 Å². The van der Waals surface area contributed by atoms with E-state index in [1.54, 1.807) is 0 Å². The van der Waals surface area contributed by atoms with Crippen LogP contribution >= 0.6 is 11.8 Å². The van der Waals surface area contributed by atoms with Crippen molar-refractivity contribution in [1.82, 2.24) is 10.1 Å². The van der Waals surface area contributed by atoms with Crippen molar-refractivity contribution in [3.63, 3.8) is 0 Å². The molecule has 1 heterocycles. The average Bonchev–Trinajstić information content (AvgIpc) is 2.85. The van der Waals surface area contributed by atoms with Crippen molar-refractivity contribution < 1.29 is 4.52 Å². The highest BCUT2D eigenvalue weighted by molar-refractivity contribution is 7.99. The molecule has 0 amide bonds. The Morgan fingerprint density at radius 1 is 1.20 bits per heavy atom. The van der Waals surface area contributed by atoms with Crippen LogP contribution in [0, 0.1) is 0 Å². The molecule has 2 rings (SSSR count). The van der Waals surface area contributed by atoms with Crippen LogP contribution in [-0.2, 0) is 12.2 Å². The van der Waals surface area contributed by atoms with Crippen molar-refractivity contribution in [1.29, 1.82) is 0 Å². The lowest BCUT2D eigenvalue weighted by atomic mass is 10.3. The van der Waals surface area contributed by atoms with Crippen molar-refractivity contribution in [2.75, 3.05) is 11.9 Å². The summed E-state index contributed by atoms with van der Waals surface area (Å²) >= 11 is 1.82. The molecule has 0 bridgehead atoms. The molecule has 1 aromatic carbocycles. The summed E-state index contributed by atoms with van der Waals surface area (Å²) in [5, 5.41) is 7.34. The van der Waals surface area contributed by atoms with Gasteiger partial charge in [-0.15, -0.1) is 11.8 Å². The Hall–Kier alpha value is -1.49. The number of thioether (sulfide) groups is 1. The summed E-state index contributed by atoms with van der Waals surface area (Å²) in [4.78, 5) is 4.41. The van der Waals surface area contributed by atoms with Crippen molar-refractivity contribution in [3.8, 4) is 0 Å². The van der Waals surface area contributed by atoms with E-state index in [4.69, 9.17) is 4.52 Å². The first-order valence-electron chi connectivity index (χ1n) is 6.77. The first-order chi connectivity index (χ1) is 9.53. The first-order valence-corrected chi connectivity index (χ1v) is 7.76. The van der Waals surface area contributed by atoms with E-state index in [9.17, 15) is 0 Å². The quantitative estimate of drug-likeness (QED) is 0.878. The number of nitrogens with zero attached hydrogens (tertiary/aromatic N) is 2. The van der Waals surface area contributed by atoms with E-state index in [1.807, 2.05) is 42.1 Å². The van der Waals surface area contributed by atoms with Crippen LogP contribution < -0.4 is 5.32 Å². The Labute approximate surface area is 124 Å². The van der Waals surface area contributed by atoms with E-state index in [2.05, 4.69) is 36.2 Å². The van der Waals surface area contributed by atoms with E-state index in [-0.39, 0.29) is 4.75 Å². The maximum Gasteiger partial charge on any atom is 0.228 e. The maximum atomic E-state index is 5.25. The second kappa shape index (κ2) is 6.79. The van der Waals surface area contributed by atoms with Gasteiger partial charge in [0.15, 0.2) is 5.82 Å². The van der Waals surface area contributed by atoms with Crippen LogP contribution in [0.3, 0.4) is 0 Å². The number of aromatic nitrogens is 2. The summed E-state index contributed by atoms with van der Waals surface area (Å²) in [6.45, 7) is 7.34. The molecule has 0 saturated heterocycles. The lowest BCUT2D eigenvalue weighted by molar-refractivity contribution is 0.376. The fourth-order valence-electron chi connectivity index (χ4n) is 1.60. The Morgan fingerprint density at radius 3 is 2.65 bits per heavy atom. The van der Waals surface area contributed by atoms with Crippen molar-refractivity contribution in [2.24, 2.45) is 0 Å². The van der Waals surface area contributed by atoms with Crippen LogP contribution in [0.1, 0.15) is 32.5 Å². The Kier molecular flexibility index (Phi) is 5.06. The second-order valence-electron chi connectivity index (χ2n) is 5.55. The topological polar surface area (TPSA) is 51.0 Å². The molecule has 5 heteroatoms. The number of hydrogen-bond acceptors (Lipinski definition) is 5. The van der Waals surface area contributed by atoms with Crippen LogP contribution in [0.5, 0.6) is 0 Å². The predicted octanol–water partition coefficient (Wildman–Crippen LogP) is 3.76. The van der Waals surface area contributed by atoms with Gasteiger partial charge < -0.3 is 9.84 Å². The van der Waals surface area contributed by atoms with Gasteiger partial charge in [0.05, 0.1) is 5.75 Å². The molecule has 108 valence electrons. The van der Waals surface area contributed by atoms with Crippen LogP contribution in [0.4, 0.5) is 5.69 Å². The molecule has 4 nitrogen and oxygen atoms in total. The highest BCUT2D eigenvalue weighted by Crippen LogP contribution is 2.26. The lowest BCUT2D eigenvalue weighted by Crippen LogP contribution is -2.08. The number of benzene rings is 1. The molecule has 0 spiro atoms. The molecule has 0 aliphatic heterocycles. The molecular weight excluding hydrogens is 270 g/mol. The molecule has 0 atom stereocenters. The van der Waals surface area contributed by atoms with Gasteiger partial charge >= 0.3 is 0 Å². The largest absolute Gasteiger partial charge is 0.385 e. The van der Waals surface area contributed by atoms with Gasteiger partial charge in [0.25, 0.3) is 0 Å². The molecule has 20 heavy (non-hydrogen) atoms. The highest BCUT2D eigenvalue weighted by atomic mass is 32.2. The van der Waals surface area contributed by atoms with E-state index in [0.29, 0.717) is 5.89 Å². The predicted molar refractivity (Wildman–Crippen MR) is 84.0 cm³/mol. The summed E-state index contributed by atoms with van der Waals surface area (Å²) in [5.41, 5.74) is 1.11. The van der Waals surface area contributed by atoms with Crippen LogP contribution in [0.2, 0.25) is 0 Å². The molecule has 2 aromatic rings. The van der Waals surface area contributed by atoms with E-state index in [0.717, 1.165) is 30.2 Å². The van der Waals surface area contributed by atoms with Gasteiger partial charge in [-0.25, -0.2) is 0 Å². The standard InChI is InChI=1S/C15H21N3OS/c1-15(2,3)20-11-13-17-14(19-18-13)9-10-16-12-7-5-4-6-8-12/h4-8,16H,9-11H2,1-3H3. The Morgan fingerprint density at radius 2 is 1.95 bits per heavy atom. The van der Waals surface area contributed by atoms with Gasteiger partial charge in [0.2, 0.25) is 5.89 Å². The zero-order valence-corrected chi connectivity index (χ0v) is 13.0. The third-order valence-corrected chi connectivity index (χ3v) is 3.85. The number of anilines is 1. The molecule has 1 aromatic heterocycles. The molecule has 1 N–H and O–H groups in total. The number of nitrogens with one attached hydrogen (secondary N) is 1. The monoisotopic (exact) mass is 291 g/mol. The van der Waals surface area contributed by atoms with Gasteiger partial charge in [-0.1, -0.05) is 44.1 Å². The van der Waals surface area contributed by atoms with Crippen molar-refractivity contribution in [2.45, 2.75) is 37.7 Å². The smallest absolute Gasteiger partial charge is 0.228 e. The van der Waals surface area contributed by atoms with Gasteiger partial charge in [0, 0.05) is 23.4 Å². The molecule has 0 unspecified atom stereocenters. The minimum Gasteiger partial charge on any atom is -0.385 e.